The summed E-state index contributed by atoms with van der Waals surface area (Å²) in [5, 5.41) is 6.39. The van der Waals surface area contributed by atoms with Gasteiger partial charge in [0.25, 0.3) is 0 Å². The molecule has 0 fully saturated rings. The zero-order valence-electron chi connectivity index (χ0n) is 9.16. The first kappa shape index (κ1) is 10.4. The molecule has 0 aliphatic heterocycles. The molecule has 2 rings (SSSR count). The standard InChI is InChI=1S/C11H15N3S/c1-11(2,12-3)9-7-15-10(14-9)8-5-4-6-13-8/h4-7,12-13H,1-3H3. The van der Waals surface area contributed by atoms with E-state index in [1.807, 2.05) is 25.4 Å². The van der Waals surface area contributed by atoms with Gasteiger partial charge in [-0.15, -0.1) is 11.3 Å². The molecular formula is C11H15N3S. The lowest BCUT2D eigenvalue weighted by atomic mass is 10.0. The maximum Gasteiger partial charge on any atom is 0.140 e. The Labute approximate surface area is 93.6 Å². The molecule has 0 unspecified atom stereocenters. The van der Waals surface area contributed by atoms with Gasteiger partial charge in [-0.25, -0.2) is 4.98 Å². The van der Waals surface area contributed by atoms with Crippen LogP contribution in [0.1, 0.15) is 19.5 Å². The van der Waals surface area contributed by atoms with Crippen molar-refractivity contribution in [3.63, 3.8) is 0 Å². The Kier molecular flexibility index (Phi) is 2.63. The summed E-state index contributed by atoms with van der Waals surface area (Å²) in [5.41, 5.74) is 2.10. The molecule has 2 heterocycles. The molecule has 0 saturated carbocycles. The lowest BCUT2D eigenvalue weighted by Gasteiger charge is -2.21. The number of aromatic nitrogens is 2. The molecule has 0 aliphatic carbocycles. The number of nitrogens with zero attached hydrogens (tertiary/aromatic N) is 1. The van der Waals surface area contributed by atoms with Crippen LogP contribution in [-0.2, 0) is 5.54 Å². The molecule has 2 aromatic rings. The average molecular weight is 221 g/mol. The number of rotatable bonds is 3. The molecule has 0 spiro atoms. The van der Waals surface area contributed by atoms with Crippen LogP contribution in [0, 0.1) is 0 Å². The lowest BCUT2D eigenvalue weighted by Crippen LogP contribution is -2.33. The molecule has 0 aromatic carbocycles. The number of H-pyrrole nitrogens is 1. The Morgan fingerprint density at radius 3 is 2.87 bits per heavy atom. The van der Waals surface area contributed by atoms with E-state index in [-0.39, 0.29) is 5.54 Å². The van der Waals surface area contributed by atoms with Crippen LogP contribution in [0.3, 0.4) is 0 Å². The third-order valence-corrected chi connectivity index (χ3v) is 3.47. The third kappa shape index (κ3) is 1.96. The van der Waals surface area contributed by atoms with E-state index in [1.54, 1.807) is 11.3 Å². The maximum atomic E-state index is 4.62. The topological polar surface area (TPSA) is 40.7 Å². The summed E-state index contributed by atoms with van der Waals surface area (Å²) in [6, 6.07) is 4.02. The molecule has 15 heavy (non-hydrogen) atoms. The minimum Gasteiger partial charge on any atom is -0.359 e. The molecule has 80 valence electrons. The van der Waals surface area contributed by atoms with Crippen LogP contribution in [0.25, 0.3) is 10.7 Å². The summed E-state index contributed by atoms with van der Waals surface area (Å²) in [4.78, 5) is 7.78. The van der Waals surface area contributed by atoms with Gasteiger partial charge in [-0.3, -0.25) is 0 Å². The Morgan fingerprint density at radius 1 is 1.47 bits per heavy atom. The first-order chi connectivity index (χ1) is 7.13. The molecule has 3 nitrogen and oxygen atoms in total. The molecule has 4 heteroatoms. The summed E-state index contributed by atoms with van der Waals surface area (Å²) in [7, 11) is 1.95. The van der Waals surface area contributed by atoms with Crippen molar-refractivity contribution in [1.29, 1.82) is 0 Å². The number of aromatic amines is 1. The molecule has 0 bridgehead atoms. The van der Waals surface area contributed by atoms with Crippen LogP contribution in [0.2, 0.25) is 0 Å². The normalized spacial score (nSPS) is 11.9. The van der Waals surface area contributed by atoms with E-state index < -0.39 is 0 Å². The maximum absolute atomic E-state index is 4.62. The Balaban J connectivity index is 2.33. The second kappa shape index (κ2) is 3.79. The van der Waals surface area contributed by atoms with E-state index in [0.29, 0.717) is 0 Å². The fourth-order valence-corrected chi connectivity index (χ4v) is 2.25. The summed E-state index contributed by atoms with van der Waals surface area (Å²) in [5.74, 6) is 0. The highest BCUT2D eigenvalue weighted by Gasteiger charge is 2.21. The summed E-state index contributed by atoms with van der Waals surface area (Å²) in [6.07, 6.45) is 1.92. The van der Waals surface area contributed by atoms with Gasteiger partial charge in [-0.05, 0) is 33.0 Å². The summed E-state index contributed by atoms with van der Waals surface area (Å²) < 4.78 is 0. The first-order valence-electron chi connectivity index (χ1n) is 4.92. The smallest absolute Gasteiger partial charge is 0.140 e. The van der Waals surface area contributed by atoms with Crippen LogP contribution < -0.4 is 5.32 Å². The highest BCUT2D eigenvalue weighted by Crippen LogP contribution is 2.27. The number of hydrogen-bond donors (Lipinski definition) is 2. The molecule has 0 radical (unpaired) electrons. The van der Waals surface area contributed by atoms with Crippen LogP contribution in [0.5, 0.6) is 0 Å². The van der Waals surface area contributed by atoms with E-state index >= 15 is 0 Å². The monoisotopic (exact) mass is 221 g/mol. The molecule has 0 amide bonds. The van der Waals surface area contributed by atoms with E-state index in [1.165, 1.54) is 0 Å². The highest BCUT2D eigenvalue weighted by atomic mass is 32.1. The molecule has 2 aromatic heterocycles. The minimum atomic E-state index is -0.0681. The number of hydrogen-bond acceptors (Lipinski definition) is 3. The quantitative estimate of drug-likeness (QED) is 0.836. The molecular weight excluding hydrogens is 206 g/mol. The van der Waals surface area contributed by atoms with Gasteiger partial charge >= 0.3 is 0 Å². The van der Waals surface area contributed by atoms with Crippen LogP contribution in [-0.4, -0.2) is 17.0 Å². The minimum absolute atomic E-state index is 0.0681. The average Bonchev–Trinajstić information content (AvgIpc) is 2.88. The van der Waals surface area contributed by atoms with E-state index in [0.717, 1.165) is 16.4 Å². The van der Waals surface area contributed by atoms with Crippen molar-refractivity contribution in [3.8, 4) is 10.7 Å². The van der Waals surface area contributed by atoms with Crippen molar-refractivity contribution in [2.24, 2.45) is 0 Å². The Bertz CT molecular complexity index is 428. The van der Waals surface area contributed by atoms with Gasteiger partial charge in [0.05, 0.1) is 16.9 Å². The molecule has 2 N–H and O–H groups in total. The largest absolute Gasteiger partial charge is 0.359 e. The fourth-order valence-electron chi connectivity index (χ4n) is 1.28. The van der Waals surface area contributed by atoms with Gasteiger partial charge < -0.3 is 10.3 Å². The lowest BCUT2D eigenvalue weighted by molar-refractivity contribution is 0.434. The van der Waals surface area contributed by atoms with Gasteiger partial charge in [0.15, 0.2) is 0 Å². The number of nitrogens with one attached hydrogen (secondary N) is 2. The zero-order valence-corrected chi connectivity index (χ0v) is 9.98. The molecule has 0 atom stereocenters. The highest BCUT2D eigenvalue weighted by molar-refractivity contribution is 7.13. The SMILES string of the molecule is CNC(C)(C)c1csc(-c2ccc[nH]2)n1. The number of thiazole rings is 1. The van der Waals surface area contributed by atoms with Crippen molar-refractivity contribution in [2.75, 3.05) is 7.05 Å². The predicted octanol–water partition coefficient (Wildman–Crippen LogP) is 2.59. The van der Waals surface area contributed by atoms with E-state index in [2.05, 4.69) is 34.5 Å². The molecule has 0 aliphatic rings. The first-order valence-corrected chi connectivity index (χ1v) is 5.80. The second-order valence-electron chi connectivity index (χ2n) is 4.00. The van der Waals surface area contributed by atoms with Crippen molar-refractivity contribution in [2.45, 2.75) is 19.4 Å². The van der Waals surface area contributed by atoms with Crippen molar-refractivity contribution in [1.82, 2.24) is 15.3 Å². The van der Waals surface area contributed by atoms with Crippen molar-refractivity contribution >= 4 is 11.3 Å². The van der Waals surface area contributed by atoms with Crippen LogP contribution in [0.4, 0.5) is 0 Å². The summed E-state index contributed by atoms with van der Waals surface area (Å²) in [6.45, 7) is 4.25. The van der Waals surface area contributed by atoms with E-state index in [4.69, 9.17) is 0 Å². The van der Waals surface area contributed by atoms with E-state index in [9.17, 15) is 0 Å². The fraction of sp³-hybridized carbons (Fsp3) is 0.364. The van der Waals surface area contributed by atoms with Gasteiger partial charge in [-0.1, -0.05) is 0 Å². The second-order valence-corrected chi connectivity index (χ2v) is 4.85. The van der Waals surface area contributed by atoms with Crippen molar-refractivity contribution < 1.29 is 0 Å². The summed E-state index contributed by atoms with van der Waals surface area (Å²) >= 11 is 1.67. The van der Waals surface area contributed by atoms with Crippen LogP contribution in [0.15, 0.2) is 23.7 Å². The predicted molar refractivity (Wildman–Crippen MR) is 64.0 cm³/mol. The Hall–Kier alpha value is -1.13. The Morgan fingerprint density at radius 2 is 2.27 bits per heavy atom. The van der Waals surface area contributed by atoms with Crippen LogP contribution >= 0.6 is 11.3 Å². The van der Waals surface area contributed by atoms with Gasteiger partial charge in [0.1, 0.15) is 5.01 Å². The van der Waals surface area contributed by atoms with Crippen molar-refractivity contribution in [3.05, 3.63) is 29.4 Å². The van der Waals surface area contributed by atoms with Gasteiger partial charge in [0.2, 0.25) is 0 Å². The zero-order chi connectivity index (χ0) is 10.9. The molecule has 0 saturated heterocycles. The van der Waals surface area contributed by atoms with Gasteiger partial charge in [0, 0.05) is 11.6 Å². The third-order valence-electron chi connectivity index (χ3n) is 2.60. The van der Waals surface area contributed by atoms with Gasteiger partial charge in [-0.2, -0.15) is 0 Å².